The molecule has 1 nitrogen and oxygen atoms in total. The van der Waals surface area contributed by atoms with E-state index in [4.69, 9.17) is 0 Å². The van der Waals surface area contributed by atoms with Crippen LogP contribution in [-0.2, 0) is 0 Å². The van der Waals surface area contributed by atoms with Gasteiger partial charge in [0.05, 0.1) is 5.60 Å². The van der Waals surface area contributed by atoms with Crippen LogP contribution in [0, 0.1) is 29.1 Å². The fraction of sp³-hybridized carbons (Fsp3) is 1.00. The predicted molar refractivity (Wildman–Crippen MR) is 98.7 cm³/mol. The van der Waals surface area contributed by atoms with Crippen molar-refractivity contribution in [3.05, 3.63) is 0 Å². The molecule has 6 unspecified atom stereocenters. The van der Waals surface area contributed by atoms with Gasteiger partial charge in [-0.2, -0.15) is 0 Å². The lowest BCUT2D eigenvalue weighted by Gasteiger charge is -2.47. The smallest absolute Gasteiger partial charge is 0.118 e. The van der Waals surface area contributed by atoms with Crippen molar-refractivity contribution in [2.24, 2.45) is 29.1 Å². The molecule has 0 radical (unpaired) electrons. The molecule has 0 amide bonds. The molecular formula is C22H39FO. The van der Waals surface area contributed by atoms with E-state index in [-0.39, 0.29) is 0 Å². The average molecular weight is 339 g/mol. The van der Waals surface area contributed by atoms with Crippen molar-refractivity contribution < 1.29 is 9.50 Å². The maximum absolute atomic E-state index is 13.2. The lowest BCUT2D eigenvalue weighted by Crippen LogP contribution is -2.44. The fourth-order valence-corrected chi connectivity index (χ4v) is 6.68. The highest BCUT2D eigenvalue weighted by Crippen LogP contribution is 2.52. The molecule has 0 aliphatic heterocycles. The maximum Gasteiger partial charge on any atom is 0.118 e. The van der Waals surface area contributed by atoms with E-state index in [9.17, 15) is 9.50 Å². The summed E-state index contributed by atoms with van der Waals surface area (Å²) >= 11 is 0. The second kappa shape index (κ2) is 7.64. The minimum Gasteiger partial charge on any atom is -0.387 e. The van der Waals surface area contributed by atoms with Crippen molar-refractivity contribution in [3.63, 3.8) is 0 Å². The van der Waals surface area contributed by atoms with Gasteiger partial charge in [-0.05, 0) is 74.0 Å². The zero-order valence-corrected chi connectivity index (χ0v) is 16.0. The molecule has 3 aliphatic carbocycles. The summed E-state index contributed by atoms with van der Waals surface area (Å²) in [6.45, 7) is 4.35. The monoisotopic (exact) mass is 338 g/mol. The Kier molecular flexibility index (Phi) is 5.94. The summed E-state index contributed by atoms with van der Waals surface area (Å²) in [7, 11) is 0. The Labute approximate surface area is 148 Å². The Bertz CT molecular complexity index is 411. The number of hydrogen-bond acceptors (Lipinski definition) is 1. The molecule has 0 spiro atoms. The molecule has 6 atom stereocenters. The molecule has 0 bridgehead atoms. The van der Waals surface area contributed by atoms with Crippen molar-refractivity contribution in [1.29, 1.82) is 0 Å². The van der Waals surface area contributed by atoms with Crippen molar-refractivity contribution in [2.75, 3.05) is 6.67 Å². The van der Waals surface area contributed by atoms with Crippen LogP contribution < -0.4 is 0 Å². The van der Waals surface area contributed by atoms with Crippen LogP contribution in [0.5, 0.6) is 0 Å². The first-order chi connectivity index (χ1) is 11.5. The molecule has 140 valence electrons. The molecule has 3 aliphatic rings. The van der Waals surface area contributed by atoms with E-state index in [1.54, 1.807) is 0 Å². The first-order valence-corrected chi connectivity index (χ1v) is 10.8. The van der Waals surface area contributed by atoms with Gasteiger partial charge in [0, 0.05) is 0 Å². The average Bonchev–Trinajstić information content (AvgIpc) is 2.94. The fourth-order valence-electron chi connectivity index (χ4n) is 6.68. The number of halogens is 1. The van der Waals surface area contributed by atoms with Crippen LogP contribution in [0.1, 0.15) is 97.3 Å². The summed E-state index contributed by atoms with van der Waals surface area (Å²) in [6, 6.07) is 0. The SMILES string of the molecule is CCCC1CCCC1(C)CCC1CCCC2CC(O)(CF)CCC12. The van der Waals surface area contributed by atoms with E-state index in [1.807, 2.05) is 0 Å². The van der Waals surface area contributed by atoms with Crippen LogP contribution in [0.25, 0.3) is 0 Å². The Balaban J connectivity index is 1.57. The van der Waals surface area contributed by atoms with Crippen LogP contribution in [0.15, 0.2) is 0 Å². The number of fused-ring (bicyclic) bond motifs is 1. The van der Waals surface area contributed by atoms with E-state index in [0.29, 0.717) is 17.8 Å². The van der Waals surface area contributed by atoms with Crippen LogP contribution in [0.3, 0.4) is 0 Å². The van der Waals surface area contributed by atoms with Gasteiger partial charge in [-0.3, -0.25) is 0 Å². The lowest BCUT2D eigenvalue weighted by atomic mass is 9.60. The van der Waals surface area contributed by atoms with Crippen molar-refractivity contribution in [1.82, 2.24) is 0 Å². The van der Waals surface area contributed by atoms with Crippen molar-refractivity contribution in [2.45, 2.75) is 103 Å². The summed E-state index contributed by atoms with van der Waals surface area (Å²) in [5, 5.41) is 10.4. The van der Waals surface area contributed by atoms with Gasteiger partial charge in [0.2, 0.25) is 0 Å². The van der Waals surface area contributed by atoms with Gasteiger partial charge in [0.1, 0.15) is 6.67 Å². The Morgan fingerprint density at radius 1 is 1.04 bits per heavy atom. The largest absolute Gasteiger partial charge is 0.387 e. The van der Waals surface area contributed by atoms with Crippen LogP contribution in [-0.4, -0.2) is 17.4 Å². The van der Waals surface area contributed by atoms with Crippen LogP contribution in [0.4, 0.5) is 4.39 Å². The van der Waals surface area contributed by atoms with Gasteiger partial charge < -0.3 is 5.11 Å². The number of aliphatic hydroxyl groups is 1. The second-order valence-electron chi connectivity index (χ2n) is 9.79. The van der Waals surface area contributed by atoms with Crippen LogP contribution >= 0.6 is 0 Å². The Morgan fingerprint density at radius 2 is 1.88 bits per heavy atom. The maximum atomic E-state index is 13.2. The van der Waals surface area contributed by atoms with Gasteiger partial charge in [-0.25, -0.2) is 4.39 Å². The topological polar surface area (TPSA) is 20.2 Å². The van der Waals surface area contributed by atoms with E-state index in [2.05, 4.69) is 13.8 Å². The summed E-state index contributed by atoms with van der Waals surface area (Å²) in [6.07, 6.45) is 16.2. The third kappa shape index (κ3) is 3.84. The normalized spacial score (nSPS) is 46.0. The molecule has 3 saturated carbocycles. The zero-order chi connectivity index (χ0) is 17.2. The molecule has 3 fully saturated rings. The molecule has 0 aromatic rings. The molecule has 3 rings (SSSR count). The molecular weight excluding hydrogens is 299 g/mol. The number of hydrogen-bond donors (Lipinski definition) is 1. The molecule has 0 aromatic heterocycles. The molecule has 0 heterocycles. The third-order valence-electron chi connectivity index (χ3n) is 8.20. The van der Waals surface area contributed by atoms with E-state index in [1.165, 1.54) is 64.2 Å². The first-order valence-electron chi connectivity index (χ1n) is 10.8. The van der Waals surface area contributed by atoms with Crippen molar-refractivity contribution >= 4 is 0 Å². The summed E-state index contributed by atoms with van der Waals surface area (Å²) < 4.78 is 13.2. The molecule has 1 N–H and O–H groups in total. The quantitative estimate of drug-likeness (QED) is 0.603. The number of alkyl halides is 1. The lowest BCUT2D eigenvalue weighted by molar-refractivity contribution is -0.0733. The Hall–Kier alpha value is -0.110. The highest BCUT2D eigenvalue weighted by molar-refractivity contribution is 4.96. The van der Waals surface area contributed by atoms with Crippen LogP contribution in [0.2, 0.25) is 0 Å². The van der Waals surface area contributed by atoms with Gasteiger partial charge in [0.15, 0.2) is 0 Å². The highest BCUT2D eigenvalue weighted by Gasteiger charge is 2.45. The van der Waals surface area contributed by atoms with E-state index >= 15 is 0 Å². The van der Waals surface area contributed by atoms with Crippen molar-refractivity contribution in [3.8, 4) is 0 Å². The summed E-state index contributed by atoms with van der Waals surface area (Å²) in [4.78, 5) is 0. The standard InChI is InChI=1S/C22H39FO/c1-3-6-19-9-5-12-21(19,2)13-10-17-7-4-8-18-15-22(24,16-23)14-11-20(17)18/h17-20,24H,3-16H2,1-2H3. The Morgan fingerprint density at radius 3 is 2.62 bits per heavy atom. The second-order valence-corrected chi connectivity index (χ2v) is 9.79. The van der Waals surface area contributed by atoms with Gasteiger partial charge >= 0.3 is 0 Å². The molecule has 24 heavy (non-hydrogen) atoms. The zero-order valence-electron chi connectivity index (χ0n) is 16.0. The van der Waals surface area contributed by atoms with Gasteiger partial charge in [-0.1, -0.05) is 52.4 Å². The van der Waals surface area contributed by atoms with E-state index < -0.39 is 12.3 Å². The highest BCUT2D eigenvalue weighted by atomic mass is 19.1. The molecule has 2 heteroatoms. The minimum absolute atomic E-state index is 0.544. The predicted octanol–water partition coefficient (Wildman–Crippen LogP) is 6.29. The van der Waals surface area contributed by atoms with Gasteiger partial charge in [0.25, 0.3) is 0 Å². The number of rotatable bonds is 6. The minimum atomic E-state index is -0.993. The van der Waals surface area contributed by atoms with Gasteiger partial charge in [-0.15, -0.1) is 0 Å². The van der Waals surface area contributed by atoms with E-state index in [0.717, 1.165) is 30.6 Å². The summed E-state index contributed by atoms with van der Waals surface area (Å²) in [5.74, 6) is 3.14. The third-order valence-corrected chi connectivity index (χ3v) is 8.20. The first kappa shape index (κ1) is 18.7. The molecule has 0 aromatic carbocycles. The summed E-state index contributed by atoms with van der Waals surface area (Å²) in [5.41, 5.74) is -0.413. The molecule has 0 saturated heterocycles.